The van der Waals surface area contributed by atoms with E-state index < -0.39 is 0 Å². The van der Waals surface area contributed by atoms with Crippen molar-refractivity contribution in [3.63, 3.8) is 0 Å². The molecule has 55 heavy (non-hydrogen) atoms. The Morgan fingerprint density at radius 1 is 0.345 bits per heavy atom. The van der Waals surface area contributed by atoms with E-state index in [1.54, 1.807) is 0 Å². The number of aryl methyl sites for hydroxylation is 1. The molecule has 0 aliphatic rings. The molecule has 0 aliphatic carbocycles. The number of hydrogen-bond acceptors (Lipinski definition) is 2. The molecule has 10 aromatic rings. The standard InChI is InChI=1S/C53H37NO/c1-36-47-17-9-10-21-52(47)55-53(36)43-15-11-16-46(34-43)54(44-30-26-40(27-31-44)39-24-22-38(23-25-39)37-12-3-2-4-13-37)45-32-28-41(29-33-45)51-35-42-14-5-6-18-48(42)49-19-7-8-20-50(49)51/h2-35H,1H3. The van der Waals surface area contributed by atoms with Crippen LogP contribution in [0.2, 0.25) is 0 Å². The van der Waals surface area contributed by atoms with Crippen molar-refractivity contribution in [1.82, 2.24) is 0 Å². The Morgan fingerprint density at radius 2 is 0.855 bits per heavy atom. The van der Waals surface area contributed by atoms with Gasteiger partial charge in [-0.3, -0.25) is 0 Å². The van der Waals surface area contributed by atoms with Crippen LogP contribution in [-0.2, 0) is 0 Å². The molecule has 0 saturated carbocycles. The summed E-state index contributed by atoms with van der Waals surface area (Å²) in [5, 5.41) is 6.19. The molecular weight excluding hydrogens is 667 g/mol. The summed E-state index contributed by atoms with van der Waals surface area (Å²) >= 11 is 0. The first-order chi connectivity index (χ1) is 27.2. The molecule has 0 unspecified atom stereocenters. The lowest BCUT2D eigenvalue weighted by Gasteiger charge is -2.26. The zero-order valence-electron chi connectivity index (χ0n) is 30.5. The number of fused-ring (bicyclic) bond motifs is 4. The summed E-state index contributed by atoms with van der Waals surface area (Å²) in [5.74, 6) is 0.899. The third kappa shape index (κ3) is 5.95. The molecule has 0 fully saturated rings. The van der Waals surface area contributed by atoms with Crippen LogP contribution in [0, 0.1) is 6.92 Å². The lowest BCUT2D eigenvalue weighted by atomic mass is 9.93. The SMILES string of the molecule is Cc1c(-c2cccc(N(c3ccc(-c4ccc(-c5ccccc5)cc4)cc3)c3ccc(-c4cc5ccccc5c5ccccc45)cc3)c2)oc2ccccc12. The fourth-order valence-electron chi connectivity index (χ4n) is 8.05. The summed E-state index contributed by atoms with van der Waals surface area (Å²) in [6.07, 6.45) is 0. The molecule has 260 valence electrons. The van der Waals surface area contributed by atoms with E-state index in [2.05, 4.69) is 206 Å². The van der Waals surface area contributed by atoms with Crippen molar-refractivity contribution in [2.45, 2.75) is 6.92 Å². The summed E-state index contributed by atoms with van der Waals surface area (Å²) in [5.41, 5.74) is 13.5. The van der Waals surface area contributed by atoms with E-state index in [1.807, 2.05) is 12.1 Å². The zero-order chi connectivity index (χ0) is 36.7. The Hall–Kier alpha value is -7.16. The second-order valence-corrected chi connectivity index (χ2v) is 14.2. The fourth-order valence-corrected chi connectivity index (χ4v) is 8.05. The number of nitrogens with zero attached hydrogens (tertiary/aromatic N) is 1. The molecule has 0 N–H and O–H groups in total. The van der Waals surface area contributed by atoms with Crippen molar-refractivity contribution in [1.29, 1.82) is 0 Å². The van der Waals surface area contributed by atoms with Gasteiger partial charge in [0.15, 0.2) is 0 Å². The van der Waals surface area contributed by atoms with Crippen LogP contribution in [0.3, 0.4) is 0 Å². The van der Waals surface area contributed by atoms with E-state index >= 15 is 0 Å². The molecule has 2 heteroatoms. The van der Waals surface area contributed by atoms with Crippen molar-refractivity contribution >= 4 is 49.6 Å². The minimum absolute atomic E-state index is 0.899. The van der Waals surface area contributed by atoms with Crippen molar-refractivity contribution in [3.8, 4) is 44.7 Å². The van der Waals surface area contributed by atoms with Crippen LogP contribution in [0.4, 0.5) is 17.1 Å². The molecule has 2 nitrogen and oxygen atoms in total. The van der Waals surface area contributed by atoms with Gasteiger partial charge in [0.25, 0.3) is 0 Å². The number of benzene rings is 9. The van der Waals surface area contributed by atoms with Crippen LogP contribution in [0.15, 0.2) is 211 Å². The minimum Gasteiger partial charge on any atom is -0.456 e. The third-order valence-electron chi connectivity index (χ3n) is 10.9. The van der Waals surface area contributed by atoms with Gasteiger partial charge in [0.2, 0.25) is 0 Å². The largest absolute Gasteiger partial charge is 0.456 e. The van der Waals surface area contributed by atoms with E-state index in [4.69, 9.17) is 4.42 Å². The van der Waals surface area contributed by atoms with Crippen LogP contribution >= 0.6 is 0 Å². The predicted molar refractivity (Wildman–Crippen MR) is 232 cm³/mol. The Bertz CT molecular complexity index is 2960. The molecule has 0 saturated heterocycles. The molecule has 0 amide bonds. The second-order valence-electron chi connectivity index (χ2n) is 14.2. The highest BCUT2D eigenvalue weighted by Crippen LogP contribution is 2.41. The van der Waals surface area contributed by atoms with Crippen molar-refractivity contribution in [3.05, 3.63) is 212 Å². The molecule has 1 aromatic heterocycles. The van der Waals surface area contributed by atoms with Crippen LogP contribution in [0.25, 0.3) is 77.2 Å². The normalized spacial score (nSPS) is 11.4. The van der Waals surface area contributed by atoms with Crippen LogP contribution < -0.4 is 4.90 Å². The number of hydrogen-bond donors (Lipinski definition) is 0. The molecule has 1 heterocycles. The molecule has 0 radical (unpaired) electrons. The van der Waals surface area contributed by atoms with Crippen molar-refractivity contribution < 1.29 is 4.42 Å². The third-order valence-corrected chi connectivity index (χ3v) is 10.9. The molecule has 0 spiro atoms. The topological polar surface area (TPSA) is 16.4 Å². The van der Waals surface area contributed by atoms with Gasteiger partial charge in [-0.05, 0) is 110 Å². The Morgan fingerprint density at radius 3 is 1.53 bits per heavy atom. The quantitative estimate of drug-likeness (QED) is 0.154. The van der Waals surface area contributed by atoms with Gasteiger partial charge in [0.1, 0.15) is 11.3 Å². The molecule has 10 rings (SSSR count). The molecule has 0 aliphatic heterocycles. The van der Waals surface area contributed by atoms with Gasteiger partial charge in [0, 0.05) is 33.6 Å². The fraction of sp³-hybridized carbons (Fsp3) is 0.0189. The van der Waals surface area contributed by atoms with Crippen molar-refractivity contribution in [2.75, 3.05) is 4.90 Å². The predicted octanol–water partition coefficient (Wildman–Crippen LogP) is 15.2. The summed E-state index contributed by atoms with van der Waals surface area (Å²) in [6, 6.07) is 74.0. The van der Waals surface area contributed by atoms with E-state index in [-0.39, 0.29) is 0 Å². The first-order valence-electron chi connectivity index (χ1n) is 18.8. The minimum atomic E-state index is 0.899. The maximum absolute atomic E-state index is 6.44. The first-order valence-corrected chi connectivity index (χ1v) is 18.8. The number of rotatable bonds is 7. The molecule has 0 bridgehead atoms. The first kappa shape index (κ1) is 32.5. The highest BCUT2D eigenvalue weighted by molar-refractivity contribution is 6.13. The number of para-hydroxylation sites is 1. The average molecular weight is 704 g/mol. The van der Waals surface area contributed by atoms with Gasteiger partial charge in [-0.25, -0.2) is 0 Å². The van der Waals surface area contributed by atoms with Gasteiger partial charge in [-0.2, -0.15) is 0 Å². The second kappa shape index (κ2) is 13.7. The van der Waals surface area contributed by atoms with Crippen molar-refractivity contribution in [2.24, 2.45) is 0 Å². The van der Waals surface area contributed by atoms with Gasteiger partial charge < -0.3 is 9.32 Å². The van der Waals surface area contributed by atoms with Crippen LogP contribution in [0.1, 0.15) is 5.56 Å². The van der Waals surface area contributed by atoms with Gasteiger partial charge in [-0.1, -0.05) is 158 Å². The summed E-state index contributed by atoms with van der Waals surface area (Å²) < 4.78 is 6.44. The average Bonchev–Trinajstić information content (AvgIpc) is 3.60. The summed E-state index contributed by atoms with van der Waals surface area (Å²) in [6.45, 7) is 2.14. The van der Waals surface area contributed by atoms with Gasteiger partial charge >= 0.3 is 0 Å². The lowest BCUT2D eigenvalue weighted by Crippen LogP contribution is -2.10. The monoisotopic (exact) mass is 703 g/mol. The smallest absolute Gasteiger partial charge is 0.138 e. The van der Waals surface area contributed by atoms with E-state index in [0.717, 1.165) is 44.9 Å². The lowest BCUT2D eigenvalue weighted by molar-refractivity contribution is 0.629. The Kier molecular flexibility index (Phi) is 8.08. The van der Waals surface area contributed by atoms with E-state index in [9.17, 15) is 0 Å². The molecule has 0 atom stereocenters. The number of furan rings is 1. The zero-order valence-corrected chi connectivity index (χ0v) is 30.5. The summed E-state index contributed by atoms with van der Waals surface area (Å²) in [4.78, 5) is 2.34. The van der Waals surface area contributed by atoms with Crippen LogP contribution in [0.5, 0.6) is 0 Å². The highest BCUT2D eigenvalue weighted by Gasteiger charge is 2.18. The van der Waals surface area contributed by atoms with Gasteiger partial charge in [-0.15, -0.1) is 0 Å². The van der Waals surface area contributed by atoms with E-state index in [0.29, 0.717) is 0 Å². The molecular formula is C53H37NO. The number of anilines is 3. The maximum atomic E-state index is 6.44. The van der Waals surface area contributed by atoms with E-state index in [1.165, 1.54) is 54.9 Å². The Balaban J connectivity index is 1.06. The highest BCUT2D eigenvalue weighted by atomic mass is 16.3. The van der Waals surface area contributed by atoms with Gasteiger partial charge in [0.05, 0.1) is 0 Å². The maximum Gasteiger partial charge on any atom is 0.138 e. The molecule has 9 aromatic carbocycles. The summed E-state index contributed by atoms with van der Waals surface area (Å²) in [7, 11) is 0. The Labute approximate surface area is 321 Å². The van der Waals surface area contributed by atoms with Crippen LogP contribution in [-0.4, -0.2) is 0 Å².